The Morgan fingerprint density at radius 2 is 1.54 bits per heavy atom. The molecule has 2 N–H and O–H groups in total. The molecular formula is C23H29ClF2N2. The van der Waals surface area contributed by atoms with Gasteiger partial charge in [0.2, 0.25) is 0 Å². The van der Waals surface area contributed by atoms with E-state index in [1.807, 2.05) is 32.2 Å². The first-order valence-electron chi connectivity index (χ1n) is 9.65. The molecule has 2 aromatic heterocycles. The van der Waals surface area contributed by atoms with Gasteiger partial charge in [-0.1, -0.05) is 46.7 Å². The lowest BCUT2D eigenvalue weighted by Gasteiger charge is -1.99. The summed E-state index contributed by atoms with van der Waals surface area (Å²) in [6, 6.07) is 8.67. The van der Waals surface area contributed by atoms with E-state index < -0.39 is 0 Å². The van der Waals surface area contributed by atoms with Crippen LogP contribution in [0.2, 0.25) is 5.02 Å². The maximum Gasteiger partial charge on any atom is 0.128 e. The first-order chi connectivity index (χ1) is 13.4. The van der Waals surface area contributed by atoms with Crippen LogP contribution in [0, 0.1) is 11.6 Å². The number of rotatable bonds is 2. The van der Waals surface area contributed by atoms with Crippen LogP contribution >= 0.6 is 11.6 Å². The van der Waals surface area contributed by atoms with E-state index in [1.165, 1.54) is 6.07 Å². The Morgan fingerprint density at radius 1 is 0.964 bits per heavy atom. The summed E-state index contributed by atoms with van der Waals surface area (Å²) in [5, 5.41) is 2.61. The standard InChI is InChI=1S/C10H9ClFN.C10H10FN.C2H6.CH4/c1-2-6-3-7-8(11)5-13-10(7)4-9(6)12;1-2-7-5-8-3-4-12-10(8)6-9(7)11;1-2;/h3-5,13H,2H2,1H3;3-6,12H,2H2,1H3;1-2H3;1H4/i;;1D;. The van der Waals surface area contributed by atoms with Crippen molar-refractivity contribution in [2.75, 3.05) is 0 Å². The molecule has 0 aliphatic heterocycles. The van der Waals surface area contributed by atoms with Crippen molar-refractivity contribution in [3.8, 4) is 0 Å². The second kappa shape index (κ2) is 10.9. The molecule has 4 aromatic rings. The number of hydrogen-bond acceptors (Lipinski definition) is 0. The molecule has 0 saturated carbocycles. The van der Waals surface area contributed by atoms with Crippen molar-refractivity contribution in [2.24, 2.45) is 0 Å². The molecule has 0 spiro atoms. The van der Waals surface area contributed by atoms with Gasteiger partial charge in [-0.05, 0) is 59.7 Å². The second-order valence-corrected chi connectivity index (χ2v) is 6.25. The number of aromatic amines is 2. The molecule has 0 saturated heterocycles. The second-order valence-electron chi connectivity index (χ2n) is 5.84. The van der Waals surface area contributed by atoms with Crippen LogP contribution < -0.4 is 0 Å². The third-order valence-electron chi connectivity index (χ3n) is 4.28. The molecule has 2 aromatic carbocycles. The molecule has 0 fully saturated rings. The van der Waals surface area contributed by atoms with Crippen molar-refractivity contribution in [3.05, 3.63) is 70.5 Å². The van der Waals surface area contributed by atoms with Crippen molar-refractivity contribution in [3.63, 3.8) is 0 Å². The Balaban J connectivity index is 0.000000249. The fourth-order valence-corrected chi connectivity index (χ4v) is 3.03. The zero-order valence-corrected chi connectivity index (χ0v) is 16.6. The molecule has 4 rings (SSSR count). The van der Waals surface area contributed by atoms with Crippen LogP contribution in [0.25, 0.3) is 21.8 Å². The van der Waals surface area contributed by atoms with E-state index >= 15 is 0 Å². The van der Waals surface area contributed by atoms with E-state index in [0.29, 0.717) is 23.9 Å². The average Bonchev–Trinajstić information content (AvgIpc) is 3.27. The highest BCUT2D eigenvalue weighted by atomic mass is 35.5. The highest BCUT2D eigenvalue weighted by molar-refractivity contribution is 6.35. The number of aromatic nitrogens is 2. The quantitative estimate of drug-likeness (QED) is 0.336. The van der Waals surface area contributed by atoms with Crippen LogP contribution in [0.1, 0.15) is 47.6 Å². The molecule has 152 valence electrons. The van der Waals surface area contributed by atoms with E-state index in [2.05, 4.69) is 9.97 Å². The third-order valence-corrected chi connectivity index (χ3v) is 4.59. The summed E-state index contributed by atoms with van der Waals surface area (Å²) in [5.74, 6) is -0.291. The fourth-order valence-electron chi connectivity index (χ4n) is 2.82. The maximum absolute atomic E-state index is 13.3. The average molecular weight is 408 g/mol. The Hall–Kier alpha value is -2.33. The van der Waals surface area contributed by atoms with Crippen LogP contribution in [-0.2, 0) is 12.8 Å². The van der Waals surface area contributed by atoms with Crippen molar-refractivity contribution >= 4 is 33.4 Å². The predicted octanol–water partition coefficient (Wildman–Crippen LogP) is 8.05. The minimum absolute atomic E-state index is 0. The number of benzene rings is 2. The SMILES string of the molecule is C.CCc1cc2c(Cl)c[nH]c2cc1F.CCc1cc2cc[nH]c2cc1F.[2H]CC. The van der Waals surface area contributed by atoms with Gasteiger partial charge in [0.25, 0.3) is 0 Å². The number of halogens is 3. The summed E-state index contributed by atoms with van der Waals surface area (Å²) in [6.45, 7) is 6.17. The molecule has 0 aliphatic carbocycles. The smallest absolute Gasteiger partial charge is 0.128 e. The third kappa shape index (κ3) is 5.14. The maximum atomic E-state index is 13.3. The van der Waals surface area contributed by atoms with Crippen LogP contribution in [0.5, 0.6) is 0 Å². The number of fused-ring (bicyclic) bond motifs is 2. The molecule has 0 radical (unpaired) electrons. The summed E-state index contributed by atoms with van der Waals surface area (Å²) in [5.41, 5.74) is 3.10. The van der Waals surface area contributed by atoms with Gasteiger partial charge < -0.3 is 9.97 Å². The summed E-state index contributed by atoms with van der Waals surface area (Å²) in [7, 11) is 0. The largest absolute Gasteiger partial charge is 0.361 e. The van der Waals surface area contributed by atoms with Gasteiger partial charge in [0.05, 0.1) is 5.02 Å². The van der Waals surface area contributed by atoms with Gasteiger partial charge in [-0.25, -0.2) is 8.78 Å². The van der Waals surface area contributed by atoms with Gasteiger partial charge in [-0.15, -0.1) is 0 Å². The van der Waals surface area contributed by atoms with Gasteiger partial charge in [0.15, 0.2) is 0 Å². The lowest BCUT2D eigenvalue weighted by molar-refractivity contribution is 0.613. The first-order valence-corrected chi connectivity index (χ1v) is 9.32. The van der Waals surface area contributed by atoms with Gasteiger partial charge in [0, 0.05) is 30.2 Å². The van der Waals surface area contributed by atoms with Crippen LogP contribution in [0.3, 0.4) is 0 Å². The topological polar surface area (TPSA) is 31.6 Å². The zero-order chi connectivity index (χ0) is 20.7. The fraction of sp³-hybridized carbons (Fsp3) is 0.304. The molecule has 0 bridgehead atoms. The van der Waals surface area contributed by atoms with E-state index in [1.54, 1.807) is 25.3 Å². The molecule has 28 heavy (non-hydrogen) atoms. The molecule has 5 heteroatoms. The summed E-state index contributed by atoms with van der Waals surface area (Å²) < 4.78 is 32.7. The van der Waals surface area contributed by atoms with Crippen molar-refractivity contribution in [1.82, 2.24) is 9.97 Å². The van der Waals surface area contributed by atoms with Crippen molar-refractivity contribution in [2.45, 2.75) is 47.9 Å². The summed E-state index contributed by atoms with van der Waals surface area (Å²) >= 11 is 5.90. The Bertz CT molecular complexity index is 1040. The number of H-pyrrole nitrogens is 2. The number of aryl methyl sites for hydroxylation is 2. The lowest BCUT2D eigenvalue weighted by Crippen LogP contribution is -1.86. The van der Waals surface area contributed by atoms with Crippen molar-refractivity contribution < 1.29 is 10.2 Å². The molecule has 2 heterocycles. The van der Waals surface area contributed by atoms with Crippen LogP contribution in [-0.4, -0.2) is 9.97 Å². The highest BCUT2D eigenvalue weighted by Crippen LogP contribution is 2.25. The van der Waals surface area contributed by atoms with E-state index in [9.17, 15) is 8.78 Å². The monoisotopic (exact) mass is 407 g/mol. The number of nitrogens with one attached hydrogen (secondary N) is 2. The van der Waals surface area contributed by atoms with E-state index in [0.717, 1.165) is 33.8 Å². The number of hydrogen-bond donors (Lipinski definition) is 2. The Kier molecular flexibility index (Phi) is 8.52. The molecular weight excluding hydrogens is 378 g/mol. The summed E-state index contributed by atoms with van der Waals surface area (Å²) in [6.07, 6.45) is 4.92. The van der Waals surface area contributed by atoms with Gasteiger partial charge in [-0.3, -0.25) is 0 Å². The van der Waals surface area contributed by atoms with Crippen LogP contribution in [0.4, 0.5) is 8.78 Å². The molecule has 0 amide bonds. The Morgan fingerprint density at radius 3 is 2.14 bits per heavy atom. The van der Waals surface area contributed by atoms with Crippen molar-refractivity contribution in [1.29, 1.82) is 0 Å². The van der Waals surface area contributed by atoms with Gasteiger partial charge in [-0.2, -0.15) is 0 Å². The zero-order valence-electron chi connectivity index (χ0n) is 16.8. The van der Waals surface area contributed by atoms with Crippen LogP contribution in [0.15, 0.2) is 42.7 Å². The highest BCUT2D eigenvalue weighted by Gasteiger charge is 2.06. The van der Waals surface area contributed by atoms with E-state index in [-0.39, 0.29) is 19.1 Å². The molecule has 0 aliphatic rings. The summed E-state index contributed by atoms with van der Waals surface area (Å²) in [4.78, 5) is 5.88. The minimum atomic E-state index is -0.173. The normalized spacial score (nSPS) is 10.4. The molecule has 2 nitrogen and oxygen atoms in total. The first kappa shape index (κ1) is 22.0. The molecule has 0 unspecified atom stereocenters. The predicted molar refractivity (Wildman–Crippen MR) is 118 cm³/mol. The molecule has 0 atom stereocenters. The van der Waals surface area contributed by atoms with E-state index in [4.69, 9.17) is 13.0 Å². The lowest BCUT2D eigenvalue weighted by atomic mass is 10.1. The van der Waals surface area contributed by atoms with Gasteiger partial charge >= 0.3 is 0 Å². The van der Waals surface area contributed by atoms with Gasteiger partial charge in [0.1, 0.15) is 11.6 Å². The Labute approximate surface area is 172 Å². The minimum Gasteiger partial charge on any atom is -0.361 e.